The van der Waals surface area contributed by atoms with Crippen LogP contribution in [0, 0.1) is 5.92 Å². The van der Waals surface area contributed by atoms with Crippen molar-refractivity contribution < 1.29 is 18.7 Å². The second-order valence-electron chi connectivity index (χ2n) is 8.68. The van der Waals surface area contributed by atoms with E-state index in [0.717, 1.165) is 29.7 Å². The molecule has 2 aliphatic rings. The summed E-state index contributed by atoms with van der Waals surface area (Å²) in [4.78, 5) is 33.9. The molecule has 0 radical (unpaired) electrons. The molecule has 2 atom stereocenters. The second kappa shape index (κ2) is 9.10. The number of likely N-dealkylation sites (tertiary alicyclic amines) is 2. The van der Waals surface area contributed by atoms with Crippen molar-refractivity contribution in [2.45, 2.75) is 31.8 Å². The highest BCUT2D eigenvalue weighted by Crippen LogP contribution is 2.33. The van der Waals surface area contributed by atoms with Crippen LogP contribution in [-0.4, -0.2) is 52.8 Å². The number of rotatable bonds is 5. The average Bonchev–Trinajstić information content (AvgIpc) is 3.36. The molecule has 2 amide bonds. The molecule has 0 aliphatic carbocycles. The molecule has 5 rings (SSSR count). The number of carbonyl (C=O) groups is 2. The van der Waals surface area contributed by atoms with Crippen LogP contribution in [0.2, 0.25) is 0 Å². The van der Waals surface area contributed by atoms with Crippen molar-refractivity contribution in [1.29, 1.82) is 0 Å². The largest absolute Gasteiger partial charge is 0.497 e. The molecule has 4 heterocycles. The van der Waals surface area contributed by atoms with Gasteiger partial charge in [-0.3, -0.25) is 14.6 Å². The van der Waals surface area contributed by atoms with Crippen LogP contribution in [0.3, 0.4) is 0 Å². The van der Waals surface area contributed by atoms with Crippen LogP contribution in [0.25, 0.3) is 11.3 Å². The number of methoxy groups -OCH3 is 1. The van der Waals surface area contributed by atoms with E-state index in [2.05, 4.69) is 4.98 Å². The van der Waals surface area contributed by atoms with Crippen LogP contribution in [0.4, 0.5) is 0 Å². The number of furan rings is 1. The lowest BCUT2D eigenvalue weighted by atomic mass is 9.83. The number of hydrogen-bond acceptors (Lipinski definition) is 5. The highest BCUT2D eigenvalue weighted by molar-refractivity contribution is 5.92. The molecule has 0 bridgehead atoms. The van der Waals surface area contributed by atoms with Crippen molar-refractivity contribution in [2.75, 3.05) is 20.2 Å². The van der Waals surface area contributed by atoms with Gasteiger partial charge in [-0.1, -0.05) is 6.07 Å². The first kappa shape index (κ1) is 21.2. The van der Waals surface area contributed by atoms with Gasteiger partial charge in [-0.15, -0.1) is 0 Å². The molecule has 2 saturated heterocycles. The third-order valence-electron chi connectivity index (χ3n) is 6.70. The van der Waals surface area contributed by atoms with Crippen LogP contribution >= 0.6 is 0 Å². The van der Waals surface area contributed by atoms with Gasteiger partial charge in [-0.25, -0.2) is 0 Å². The Morgan fingerprint density at radius 1 is 1.15 bits per heavy atom. The highest BCUT2D eigenvalue weighted by Gasteiger charge is 2.40. The summed E-state index contributed by atoms with van der Waals surface area (Å²) in [5.41, 5.74) is 1.93. The predicted octanol–water partition coefficient (Wildman–Crippen LogP) is 4.00. The molecule has 0 N–H and O–H groups in total. The van der Waals surface area contributed by atoms with E-state index < -0.39 is 0 Å². The van der Waals surface area contributed by atoms with Crippen LogP contribution < -0.4 is 4.74 Å². The Morgan fingerprint density at radius 2 is 2.00 bits per heavy atom. The molecule has 3 aromatic rings. The molecule has 33 heavy (non-hydrogen) atoms. The Kier molecular flexibility index (Phi) is 5.86. The quantitative estimate of drug-likeness (QED) is 0.593. The van der Waals surface area contributed by atoms with Crippen LogP contribution in [0.5, 0.6) is 5.75 Å². The van der Waals surface area contributed by atoms with E-state index >= 15 is 0 Å². The minimum absolute atomic E-state index is 0.0936. The zero-order valence-electron chi connectivity index (χ0n) is 18.6. The van der Waals surface area contributed by atoms with Crippen molar-refractivity contribution in [3.8, 4) is 17.1 Å². The minimum Gasteiger partial charge on any atom is -0.497 e. The van der Waals surface area contributed by atoms with Crippen molar-refractivity contribution in [3.05, 3.63) is 72.2 Å². The Labute approximate surface area is 193 Å². The molecule has 2 aromatic heterocycles. The fraction of sp³-hybridized carbons (Fsp3) is 0.346. The summed E-state index contributed by atoms with van der Waals surface area (Å²) in [7, 11) is 1.63. The van der Waals surface area contributed by atoms with Gasteiger partial charge in [0.2, 0.25) is 5.91 Å². The average molecular weight is 446 g/mol. The van der Waals surface area contributed by atoms with Gasteiger partial charge in [-0.05, 0) is 66.8 Å². The number of nitrogens with zero attached hydrogens (tertiary/aromatic N) is 3. The zero-order chi connectivity index (χ0) is 22.8. The maximum absolute atomic E-state index is 13.2. The van der Waals surface area contributed by atoms with Crippen molar-refractivity contribution in [1.82, 2.24) is 14.8 Å². The number of ether oxygens (including phenoxy) is 1. The van der Waals surface area contributed by atoms with E-state index in [1.165, 1.54) is 0 Å². The standard InChI is InChI=1S/C26H27N3O4/c1-32-21-7-4-19(5-8-21)23-9-10-24(33-23)26(31)28-14-12-22-20(17-28)6-11-25(30)29(22)16-18-3-2-13-27-15-18/h2-5,7-10,13,15,20,22H,6,11-12,14,16-17H2,1H3/t20-,22+/m0/s1. The van der Waals surface area contributed by atoms with Crippen LogP contribution in [0.15, 0.2) is 65.3 Å². The number of hydrogen-bond donors (Lipinski definition) is 0. The third-order valence-corrected chi connectivity index (χ3v) is 6.70. The molecule has 7 heteroatoms. The number of benzene rings is 1. The van der Waals surface area contributed by atoms with Crippen LogP contribution in [-0.2, 0) is 11.3 Å². The summed E-state index contributed by atoms with van der Waals surface area (Å²) >= 11 is 0. The summed E-state index contributed by atoms with van der Waals surface area (Å²) in [5.74, 6) is 2.14. The molecule has 7 nitrogen and oxygen atoms in total. The van der Waals surface area contributed by atoms with Gasteiger partial charge in [-0.2, -0.15) is 0 Å². The smallest absolute Gasteiger partial charge is 0.289 e. The Bertz CT molecular complexity index is 1130. The van der Waals surface area contributed by atoms with Crippen molar-refractivity contribution in [3.63, 3.8) is 0 Å². The molecular weight excluding hydrogens is 418 g/mol. The van der Waals surface area contributed by atoms with E-state index in [9.17, 15) is 9.59 Å². The second-order valence-corrected chi connectivity index (χ2v) is 8.68. The number of pyridine rings is 1. The lowest BCUT2D eigenvalue weighted by Crippen LogP contribution is -2.56. The van der Waals surface area contributed by atoms with E-state index in [-0.39, 0.29) is 23.8 Å². The summed E-state index contributed by atoms with van der Waals surface area (Å²) < 4.78 is 11.1. The monoisotopic (exact) mass is 445 g/mol. The number of piperidine rings is 2. The Balaban J connectivity index is 1.26. The summed E-state index contributed by atoms with van der Waals surface area (Å²) in [6, 6.07) is 15.2. The maximum atomic E-state index is 13.2. The summed E-state index contributed by atoms with van der Waals surface area (Å²) in [5, 5.41) is 0. The Morgan fingerprint density at radius 3 is 2.76 bits per heavy atom. The first-order chi connectivity index (χ1) is 16.1. The van der Waals surface area contributed by atoms with E-state index in [4.69, 9.17) is 9.15 Å². The number of aromatic nitrogens is 1. The van der Waals surface area contributed by atoms with Gasteiger partial charge >= 0.3 is 0 Å². The van der Waals surface area contributed by atoms with E-state index in [0.29, 0.717) is 37.6 Å². The molecule has 170 valence electrons. The SMILES string of the molecule is COc1ccc(-c2ccc(C(=O)N3CC[C@@H]4[C@@H](CCC(=O)N4Cc4cccnc4)C3)o2)cc1. The fourth-order valence-corrected chi connectivity index (χ4v) is 4.95. The van der Waals surface area contributed by atoms with E-state index in [1.807, 2.05) is 58.5 Å². The molecule has 2 fully saturated rings. The number of carbonyl (C=O) groups excluding carboxylic acids is 2. The number of amides is 2. The predicted molar refractivity (Wildman–Crippen MR) is 123 cm³/mol. The van der Waals surface area contributed by atoms with Gasteiger partial charge in [0.1, 0.15) is 11.5 Å². The zero-order valence-corrected chi connectivity index (χ0v) is 18.6. The van der Waals surface area contributed by atoms with Gasteiger partial charge in [0, 0.05) is 50.1 Å². The van der Waals surface area contributed by atoms with Gasteiger partial charge in [0.05, 0.1) is 7.11 Å². The van der Waals surface area contributed by atoms with Crippen molar-refractivity contribution >= 4 is 11.8 Å². The normalized spacial score (nSPS) is 20.5. The van der Waals surface area contributed by atoms with E-state index in [1.54, 1.807) is 19.4 Å². The summed E-state index contributed by atoms with van der Waals surface area (Å²) in [6.07, 6.45) is 5.66. The molecule has 0 spiro atoms. The first-order valence-electron chi connectivity index (χ1n) is 11.3. The molecular formula is C26H27N3O4. The lowest BCUT2D eigenvalue weighted by Gasteiger charge is -2.47. The third kappa shape index (κ3) is 4.35. The van der Waals surface area contributed by atoms with Crippen molar-refractivity contribution in [2.24, 2.45) is 5.92 Å². The first-order valence-corrected chi connectivity index (χ1v) is 11.3. The fourth-order valence-electron chi connectivity index (χ4n) is 4.95. The van der Waals surface area contributed by atoms with Crippen LogP contribution in [0.1, 0.15) is 35.4 Å². The highest BCUT2D eigenvalue weighted by atomic mass is 16.5. The number of fused-ring (bicyclic) bond motifs is 1. The molecule has 2 aliphatic heterocycles. The minimum atomic E-state index is -0.0936. The molecule has 1 aromatic carbocycles. The van der Waals surface area contributed by atoms with Gasteiger partial charge in [0.25, 0.3) is 5.91 Å². The van der Waals surface area contributed by atoms with Gasteiger partial charge in [0.15, 0.2) is 5.76 Å². The maximum Gasteiger partial charge on any atom is 0.289 e. The lowest BCUT2D eigenvalue weighted by molar-refractivity contribution is -0.141. The topological polar surface area (TPSA) is 75.9 Å². The summed E-state index contributed by atoms with van der Waals surface area (Å²) in [6.45, 7) is 1.82. The Hall–Kier alpha value is -3.61. The molecule has 0 saturated carbocycles. The molecule has 0 unspecified atom stereocenters. The van der Waals surface area contributed by atoms with Gasteiger partial charge < -0.3 is 19.0 Å².